The molecule has 2 saturated carbocycles. The van der Waals surface area contributed by atoms with Crippen molar-refractivity contribution in [3.63, 3.8) is 0 Å². The van der Waals surface area contributed by atoms with E-state index in [4.69, 9.17) is 5.73 Å². The minimum Gasteiger partial charge on any atom is -0.327 e. The Bertz CT molecular complexity index is 397. The van der Waals surface area contributed by atoms with E-state index in [1.807, 2.05) is 0 Å². The minimum absolute atomic E-state index is 0.302. The zero-order valence-corrected chi connectivity index (χ0v) is 11.0. The lowest BCUT2D eigenvalue weighted by molar-refractivity contribution is 0.403. The highest BCUT2D eigenvalue weighted by Gasteiger charge is 2.58. The predicted octanol–water partition coefficient (Wildman–Crippen LogP) is 3.61. The molecule has 1 aromatic rings. The van der Waals surface area contributed by atoms with E-state index in [-0.39, 0.29) is 0 Å². The van der Waals surface area contributed by atoms with Gasteiger partial charge in [-0.2, -0.15) is 0 Å². The summed E-state index contributed by atoms with van der Waals surface area (Å²) >= 11 is 3.69. The normalized spacial score (nSPS) is 34.2. The standard InChI is InChI=1S/C14H18BrN/c15-12-8-4-3-7-11(12)14(9-13(14)16)10-5-1-2-6-10/h3-4,7-8,10,13H,1-2,5-6,9,16H2/t13-,14?/m1/s1. The SMILES string of the molecule is N[C@@H]1CC1(c1ccccc1Br)C1CCCC1. The van der Waals surface area contributed by atoms with Gasteiger partial charge in [-0.15, -0.1) is 0 Å². The van der Waals surface area contributed by atoms with Crippen LogP contribution in [0.4, 0.5) is 0 Å². The summed E-state index contributed by atoms with van der Waals surface area (Å²) in [5.74, 6) is 0.821. The van der Waals surface area contributed by atoms with Gasteiger partial charge in [-0.05, 0) is 36.8 Å². The third-order valence-corrected chi connectivity index (χ3v) is 5.21. The van der Waals surface area contributed by atoms with Crippen LogP contribution in [0, 0.1) is 5.92 Å². The van der Waals surface area contributed by atoms with Gasteiger partial charge in [-0.1, -0.05) is 47.0 Å². The maximum absolute atomic E-state index is 6.26. The van der Waals surface area contributed by atoms with Crippen LogP contribution in [0.1, 0.15) is 37.7 Å². The quantitative estimate of drug-likeness (QED) is 0.880. The molecule has 0 aliphatic heterocycles. The van der Waals surface area contributed by atoms with Gasteiger partial charge in [0.2, 0.25) is 0 Å². The molecule has 2 aliphatic carbocycles. The van der Waals surface area contributed by atoms with Gasteiger partial charge >= 0.3 is 0 Å². The molecule has 2 atom stereocenters. The molecule has 2 N–H and O–H groups in total. The van der Waals surface area contributed by atoms with Gasteiger partial charge in [0.1, 0.15) is 0 Å². The number of hydrogen-bond donors (Lipinski definition) is 1. The van der Waals surface area contributed by atoms with Crippen molar-refractivity contribution < 1.29 is 0 Å². The van der Waals surface area contributed by atoms with Crippen LogP contribution in [0.3, 0.4) is 0 Å². The van der Waals surface area contributed by atoms with Gasteiger partial charge in [0, 0.05) is 15.9 Å². The second-order valence-corrected chi connectivity index (χ2v) is 6.17. The molecule has 1 nitrogen and oxygen atoms in total. The maximum atomic E-state index is 6.26. The van der Waals surface area contributed by atoms with Crippen molar-refractivity contribution in [2.75, 3.05) is 0 Å². The summed E-state index contributed by atoms with van der Waals surface area (Å²) in [6.45, 7) is 0. The lowest BCUT2D eigenvalue weighted by Gasteiger charge is -2.25. The smallest absolute Gasteiger partial charge is 0.0213 e. The highest BCUT2D eigenvalue weighted by atomic mass is 79.9. The predicted molar refractivity (Wildman–Crippen MR) is 70.4 cm³/mol. The molecule has 0 heterocycles. The lowest BCUT2D eigenvalue weighted by Crippen LogP contribution is -2.26. The Morgan fingerprint density at radius 2 is 1.81 bits per heavy atom. The van der Waals surface area contributed by atoms with E-state index in [0.29, 0.717) is 11.5 Å². The van der Waals surface area contributed by atoms with E-state index >= 15 is 0 Å². The van der Waals surface area contributed by atoms with Crippen molar-refractivity contribution in [3.05, 3.63) is 34.3 Å². The maximum Gasteiger partial charge on any atom is 0.0213 e. The molecule has 0 radical (unpaired) electrons. The molecular formula is C14H18BrN. The molecule has 2 heteroatoms. The molecule has 16 heavy (non-hydrogen) atoms. The Hall–Kier alpha value is -0.340. The van der Waals surface area contributed by atoms with Crippen molar-refractivity contribution in [1.82, 2.24) is 0 Å². The Balaban J connectivity index is 1.99. The van der Waals surface area contributed by atoms with Crippen LogP contribution >= 0.6 is 15.9 Å². The molecular weight excluding hydrogens is 262 g/mol. The fraction of sp³-hybridized carbons (Fsp3) is 0.571. The molecule has 3 rings (SSSR count). The highest BCUT2D eigenvalue weighted by Crippen LogP contribution is 2.58. The monoisotopic (exact) mass is 279 g/mol. The van der Waals surface area contributed by atoms with Crippen LogP contribution in [0.25, 0.3) is 0 Å². The largest absolute Gasteiger partial charge is 0.327 e. The number of hydrogen-bond acceptors (Lipinski definition) is 1. The van der Waals surface area contributed by atoms with Gasteiger partial charge in [0.05, 0.1) is 0 Å². The molecule has 0 spiro atoms. The average molecular weight is 280 g/mol. The Morgan fingerprint density at radius 1 is 1.19 bits per heavy atom. The molecule has 2 aliphatic rings. The summed E-state index contributed by atoms with van der Waals surface area (Å²) < 4.78 is 1.25. The second-order valence-electron chi connectivity index (χ2n) is 5.31. The third kappa shape index (κ3) is 1.46. The summed E-state index contributed by atoms with van der Waals surface area (Å²) in [5.41, 5.74) is 8.02. The van der Waals surface area contributed by atoms with Crippen molar-refractivity contribution in [1.29, 1.82) is 0 Å². The van der Waals surface area contributed by atoms with Gasteiger partial charge in [-0.25, -0.2) is 0 Å². The van der Waals surface area contributed by atoms with Gasteiger partial charge in [0.15, 0.2) is 0 Å². The number of rotatable bonds is 2. The van der Waals surface area contributed by atoms with Gasteiger partial charge < -0.3 is 5.73 Å². The fourth-order valence-corrected chi connectivity index (χ4v) is 4.24. The summed E-state index contributed by atoms with van der Waals surface area (Å²) in [5, 5.41) is 0. The zero-order valence-electron chi connectivity index (χ0n) is 9.45. The Labute approximate surface area is 106 Å². The van der Waals surface area contributed by atoms with E-state index in [9.17, 15) is 0 Å². The average Bonchev–Trinajstić information content (AvgIpc) is 2.76. The minimum atomic E-state index is 0.302. The first-order valence-corrected chi connectivity index (χ1v) is 7.05. The molecule has 1 aromatic carbocycles. The van der Waals surface area contributed by atoms with E-state index in [1.54, 1.807) is 0 Å². The van der Waals surface area contributed by atoms with Crippen molar-refractivity contribution in [3.8, 4) is 0 Å². The third-order valence-electron chi connectivity index (χ3n) is 4.52. The molecule has 1 unspecified atom stereocenters. The fourth-order valence-electron chi connectivity index (χ4n) is 3.58. The molecule has 86 valence electrons. The van der Waals surface area contributed by atoms with Crippen LogP contribution in [-0.4, -0.2) is 6.04 Å². The van der Waals surface area contributed by atoms with Crippen LogP contribution in [0.5, 0.6) is 0 Å². The molecule has 0 bridgehead atoms. The van der Waals surface area contributed by atoms with E-state index in [1.165, 1.54) is 42.1 Å². The van der Waals surface area contributed by atoms with Crippen molar-refractivity contribution in [2.45, 2.75) is 43.6 Å². The first-order chi connectivity index (χ1) is 7.75. The summed E-state index contributed by atoms with van der Waals surface area (Å²) in [6.07, 6.45) is 6.71. The highest BCUT2D eigenvalue weighted by molar-refractivity contribution is 9.10. The topological polar surface area (TPSA) is 26.0 Å². The van der Waals surface area contributed by atoms with Crippen LogP contribution in [0.15, 0.2) is 28.7 Å². The first kappa shape index (κ1) is 10.8. The van der Waals surface area contributed by atoms with E-state index < -0.39 is 0 Å². The molecule has 0 saturated heterocycles. The number of benzene rings is 1. The molecule has 0 amide bonds. The summed E-state index contributed by atoms with van der Waals surface area (Å²) in [7, 11) is 0. The van der Waals surface area contributed by atoms with Crippen molar-refractivity contribution >= 4 is 15.9 Å². The van der Waals surface area contributed by atoms with E-state index in [0.717, 1.165) is 5.92 Å². The van der Waals surface area contributed by atoms with Crippen LogP contribution in [0.2, 0.25) is 0 Å². The molecule has 2 fully saturated rings. The number of halogens is 1. The lowest BCUT2D eigenvalue weighted by atomic mass is 9.81. The van der Waals surface area contributed by atoms with E-state index in [2.05, 4.69) is 40.2 Å². The van der Waals surface area contributed by atoms with Gasteiger partial charge in [0.25, 0.3) is 0 Å². The second kappa shape index (κ2) is 3.85. The van der Waals surface area contributed by atoms with Crippen molar-refractivity contribution in [2.24, 2.45) is 11.7 Å². The Morgan fingerprint density at radius 3 is 2.38 bits per heavy atom. The van der Waals surface area contributed by atoms with Crippen LogP contribution < -0.4 is 5.73 Å². The first-order valence-electron chi connectivity index (χ1n) is 6.26. The van der Waals surface area contributed by atoms with Crippen LogP contribution in [-0.2, 0) is 5.41 Å². The summed E-state index contributed by atoms with van der Waals surface area (Å²) in [4.78, 5) is 0. The Kier molecular flexibility index (Phi) is 2.60. The van der Waals surface area contributed by atoms with Gasteiger partial charge in [-0.3, -0.25) is 0 Å². The molecule has 0 aromatic heterocycles. The number of nitrogens with two attached hydrogens (primary N) is 1. The zero-order chi connectivity index (χ0) is 11.2. The summed E-state index contributed by atoms with van der Waals surface area (Å²) in [6, 6.07) is 9.02.